The van der Waals surface area contributed by atoms with E-state index < -0.39 is 22.2 Å². The van der Waals surface area contributed by atoms with Gasteiger partial charge < -0.3 is 15.9 Å². The van der Waals surface area contributed by atoms with E-state index in [4.69, 9.17) is 5.73 Å². The van der Waals surface area contributed by atoms with E-state index >= 15 is 0 Å². The summed E-state index contributed by atoms with van der Waals surface area (Å²) < 4.78 is 26.1. The van der Waals surface area contributed by atoms with E-state index in [1.165, 1.54) is 6.07 Å². The molecule has 0 spiro atoms. The number of hydrogen-bond donors (Lipinski definition) is 3. The maximum Gasteiger partial charge on any atom is 0.244 e. The Hall–Kier alpha value is -0.670. The van der Waals surface area contributed by atoms with Crippen molar-refractivity contribution in [3.8, 4) is 0 Å². The fourth-order valence-electron chi connectivity index (χ4n) is 1.79. The number of halogens is 1. The lowest BCUT2D eigenvalue weighted by molar-refractivity contribution is 0.0572. The number of aliphatic hydroxyl groups is 2. The highest BCUT2D eigenvalue weighted by molar-refractivity contribution is 9.10. The summed E-state index contributed by atoms with van der Waals surface area (Å²) in [5.41, 5.74) is 5.91. The summed E-state index contributed by atoms with van der Waals surface area (Å²) in [5, 5.41) is 18.8. The van der Waals surface area contributed by atoms with E-state index in [0.717, 1.165) is 4.31 Å². The van der Waals surface area contributed by atoms with Gasteiger partial charge in [0, 0.05) is 23.2 Å². The van der Waals surface area contributed by atoms with Crippen molar-refractivity contribution in [3.05, 3.63) is 22.7 Å². The number of nitrogen functional groups attached to an aromatic ring is 1. The Morgan fingerprint density at radius 2 is 1.83 bits per heavy atom. The summed E-state index contributed by atoms with van der Waals surface area (Å²) in [5.74, 6) is 0. The summed E-state index contributed by atoms with van der Waals surface area (Å²) in [7, 11) is -3.77. The number of aliphatic hydroxyl groups excluding tert-OH is 2. The number of benzene rings is 1. The molecule has 0 aromatic heterocycles. The molecule has 1 aliphatic rings. The summed E-state index contributed by atoms with van der Waals surface area (Å²) >= 11 is 3.16. The van der Waals surface area contributed by atoms with E-state index in [1.54, 1.807) is 12.1 Å². The highest BCUT2D eigenvalue weighted by Crippen LogP contribution is 2.29. The second kappa shape index (κ2) is 4.78. The Morgan fingerprint density at radius 1 is 1.28 bits per heavy atom. The van der Waals surface area contributed by atoms with Crippen LogP contribution in [0.4, 0.5) is 5.69 Å². The molecule has 0 aliphatic carbocycles. The lowest BCUT2D eigenvalue weighted by atomic mass is 10.3. The quantitative estimate of drug-likeness (QED) is 0.646. The molecule has 6 nitrogen and oxygen atoms in total. The molecule has 0 saturated carbocycles. The molecule has 18 heavy (non-hydrogen) atoms. The van der Waals surface area contributed by atoms with Crippen molar-refractivity contribution in [2.24, 2.45) is 0 Å². The van der Waals surface area contributed by atoms with Crippen LogP contribution in [0, 0.1) is 0 Å². The van der Waals surface area contributed by atoms with Gasteiger partial charge in [-0.2, -0.15) is 4.31 Å². The van der Waals surface area contributed by atoms with Gasteiger partial charge in [0.05, 0.1) is 17.1 Å². The summed E-state index contributed by atoms with van der Waals surface area (Å²) in [6, 6.07) is 4.47. The minimum absolute atomic E-state index is 0.0313. The van der Waals surface area contributed by atoms with Gasteiger partial charge in [0.2, 0.25) is 10.0 Å². The Balaban J connectivity index is 2.40. The number of hydrogen-bond acceptors (Lipinski definition) is 5. The van der Waals surface area contributed by atoms with Gasteiger partial charge in [-0.1, -0.05) is 0 Å². The molecule has 8 heteroatoms. The maximum atomic E-state index is 12.3. The largest absolute Gasteiger partial charge is 0.399 e. The van der Waals surface area contributed by atoms with Crippen LogP contribution in [0.25, 0.3) is 0 Å². The minimum Gasteiger partial charge on any atom is -0.399 e. The van der Waals surface area contributed by atoms with Crippen LogP contribution in [0.1, 0.15) is 0 Å². The van der Waals surface area contributed by atoms with Crippen LogP contribution in [-0.4, -0.2) is 48.2 Å². The zero-order chi connectivity index (χ0) is 13.5. The lowest BCUT2D eigenvalue weighted by Gasteiger charge is -2.16. The first-order chi connectivity index (χ1) is 8.32. The van der Waals surface area contributed by atoms with Crippen LogP contribution in [0.15, 0.2) is 27.6 Å². The molecule has 0 radical (unpaired) electrons. The van der Waals surface area contributed by atoms with Crippen LogP contribution in [0.5, 0.6) is 0 Å². The Kier molecular flexibility index (Phi) is 3.65. The average molecular weight is 337 g/mol. The number of nitrogens with two attached hydrogens (primary N) is 1. The Labute approximate surface area is 113 Å². The van der Waals surface area contributed by atoms with Crippen LogP contribution in [0.3, 0.4) is 0 Å². The van der Waals surface area contributed by atoms with Crippen LogP contribution in [-0.2, 0) is 10.0 Å². The zero-order valence-corrected chi connectivity index (χ0v) is 11.7. The molecule has 4 N–H and O–H groups in total. The molecule has 2 atom stereocenters. The van der Waals surface area contributed by atoms with E-state index in [9.17, 15) is 18.6 Å². The first kappa shape index (κ1) is 13.8. The summed E-state index contributed by atoms with van der Waals surface area (Å²) in [6.07, 6.45) is -2.11. The fourth-order valence-corrected chi connectivity index (χ4v) is 4.22. The SMILES string of the molecule is Nc1ccc(Br)c(S(=O)(=O)N2C[C@@H](O)[C@@H](O)C2)c1. The van der Waals surface area contributed by atoms with Gasteiger partial charge in [-0.05, 0) is 34.1 Å². The van der Waals surface area contributed by atoms with Crippen molar-refractivity contribution in [1.29, 1.82) is 0 Å². The smallest absolute Gasteiger partial charge is 0.244 e. The molecule has 0 bridgehead atoms. The van der Waals surface area contributed by atoms with Gasteiger partial charge in [0.25, 0.3) is 0 Å². The van der Waals surface area contributed by atoms with Crippen molar-refractivity contribution < 1.29 is 18.6 Å². The third-order valence-electron chi connectivity index (χ3n) is 2.80. The second-order valence-corrected chi connectivity index (χ2v) is 6.91. The lowest BCUT2D eigenvalue weighted by Crippen LogP contribution is -2.30. The number of rotatable bonds is 2. The molecule has 0 amide bonds. The van der Waals surface area contributed by atoms with Gasteiger partial charge in [-0.3, -0.25) is 0 Å². The van der Waals surface area contributed by atoms with Crippen LogP contribution in [0.2, 0.25) is 0 Å². The monoisotopic (exact) mass is 336 g/mol. The zero-order valence-electron chi connectivity index (χ0n) is 9.32. The minimum atomic E-state index is -3.77. The van der Waals surface area contributed by atoms with E-state index in [-0.39, 0.29) is 18.0 Å². The van der Waals surface area contributed by atoms with Crippen LogP contribution < -0.4 is 5.73 Å². The molecule has 2 rings (SSSR count). The van der Waals surface area contributed by atoms with Gasteiger partial charge in [-0.25, -0.2) is 8.42 Å². The molecular formula is C10H13BrN2O4S. The van der Waals surface area contributed by atoms with Gasteiger partial charge in [0.1, 0.15) is 0 Å². The number of β-amino-alcohol motifs (C(OH)–C–C–N with tert-alkyl or cyclic N) is 2. The van der Waals surface area contributed by atoms with Gasteiger partial charge >= 0.3 is 0 Å². The molecule has 1 aromatic carbocycles. The van der Waals surface area contributed by atoms with E-state index in [0.29, 0.717) is 10.2 Å². The molecule has 1 heterocycles. The Morgan fingerprint density at radius 3 is 2.39 bits per heavy atom. The average Bonchev–Trinajstić information content (AvgIpc) is 2.63. The standard InChI is InChI=1S/C10H13BrN2O4S/c11-7-2-1-6(12)3-10(7)18(16,17)13-4-8(14)9(15)5-13/h1-3,8-9,14-15H,4-5,12H2/t8-,9+. The first-order valence-corrected chi connectivity index (χ1v) is 7.47. The molecule has 1 aromatic rings. The highest BCUT2D eigenvalue weighted by atomic mass is 79.9. The predicted octanol–water partition coefficient (Wildman–Crippen LogP) is -0.243. The van der Waals surface area contributed by atoms with Crippen molar-refractivity contribution in [2.75, 3.05) is 18.8 Å². The molecule has 1 aliphatic heterocycles. The number of anilines is 1. The molecule has 0 unspecified atom stereocenters. The summed E-state index contributed by atoms with van der Waals surface area (Å²) in [6.45, 7) is -0.241. The van der Waals surface area contributed by atoms with Crippen molar-refractivity contribution in [3.63, 3.8) is 0 Å². The summed E-state index contributed by atoms with van der Waals surface area (Å²) in [4.78, 5) is 0.0313. The van der Waals surface area contributed by atoms with Gasteiger partial charge in [-0.15, -0.1) is 0 Å². The predicted molar refractivity (Wildman–Crippen MR) is 69.3 cm³/mol. The van der Waals surface area contributed by atoms with E-state index in [2.05, 4.69) is 15.9 Å². The van der Waals surface area contributed by atoms with Crippen molar-refractivity contribution in [2.45, 2.75) is 17.1 Å². The Bertz CT molecular complexity index is 553. The van der Waals surface area contributed by atoms with Crippen molar-refractivity contribution >= 4 is 31.6 Å². The molecular weight excluding hydrogens is 324 g/mol. The number of nitrogens with zero attached hydrogens (tertiary/aromatic N) is 1. The number of sulfonamides is 1. The van der Waals surface area contributed by atoms with E-state index in [1.807, 2.05) is 0 Å². The topological polar surface area (TPSA) is 104 Å². The molecule has 1 fully saturated rings. The third kappa shape index (κ3) is 2.39. The third-order valence-corrected chi connectivity index (χ3v) is 5.62. The van der Waals surface area contributed by atoms with Gasteiger partial charge in [0.15, 0.2) is 0 Å². The highest BCUT2D eigenvalue weighted by Gasteiger charge is 2.38. The normalized spacial score (nSPS) is 25.5. The maximum absolute atomic E-state index is 12.3. The van der Waals surface area contributed by atoms with Crippen LogP contribution >= 0.6 is 15.9 Å². The molecule has 1 saturated heterocycles. The van der Waals surface area contributed by atoms with Crippen molar-refractivity contribution in [1.82, 2.24) is 4.31 Å². The second-order valence-electron chi connectivity index (χ2n) is 4.15. The molecule has 100 valence electrons. The first-order valence-electron chi connectivity index (χ1n) is 5.23. The fraction of sp³-hybridized carbons (Fsp3) is 0.400.